The van der Waals surface area contributed by atoms with E-state index in [4.69, 9.17) is 14.2 Å². The standard InChI is InChI=1S/C21H25NO7/c1-3-15(24)18-14(11-17(25)27-2)22-19(16(9-10-23)29-20(18)22)21(26)28-12-13-7-5-4-6-8-13/h4-9,11,15,18-20,23-24H,3,10,12H2,1-2H3/t15?,18-,19-,20-/m1/s1. The molecule has 2 heterocycles. The second-order valence-electron chi connectivity index (χ2n) is 6.79. The number of carbonyl (C=O) groups excluding carboxylic acids is 2. The van der Waals surface area contributed by atoms with Crippen LogP contribution in [0.15, 0.2) is 53.9 Å². The first kappa shape index (κ1) is 20.9. The van der Waals surface area contributed by atoms with E-state index < -0.39 is 36.2 Å². The van der Waals surface area contributed by atoms with Gasteiger partial charge in [0, 0.05) is 11.8 Å². The fraction of sp³-hybridized carbons (Fsp3) is 0.429. The monoisotopic (exact) mass is 403 g/mol. The van der Waals surface area contributed by atoms with E-state index in [0.29, 0.717) is 12.1 Å². The lowest BCUT2D eigenvalue weighted by molar-refractivity contribution is -0.154. The minimum atomic E-state index is -0.952. The molecule has 2 N–H and O–H groups in total. The zero-order valence-corrected chi connectivity index (χ0v) is 16.4. The van der Waals surface area contributed by atoms with Crippen molar-refractivity contribution in [2.45, 2.75) is 38.3 Å². The predicted octanol–water partition coefficient (Wildman–Crippen LogP) is 1.09. The van der Waals surface area contributed by atoms with E-state index in [2.05, 4.69) is 0 Å². The maximum Gasteiger partial charge on any atom is 0.337 e. The molecule has 3 rings (SSSR count). The van der Waals surface area contributed by atoms with Crippen LogP contribution < -0.4 is 0 Å². The summed E-state index contributed by atoms with van der Waals surface area (Å²) in [5, 5.41) is 19.7. The van der Waals surface area contributed by atoms with Crippen molar-refractivity contribution < 1.29 is 34.0 Å². The molecular formula is C21H25NO7. The molecule has 4 atom stereocenters. The lowest BCUT2D eigenvalue weighted by Gasteiger charge is -2.48. The number of rotatable bonds is 7. The van der Waals surface area contributed by atoms with Gasteiger partial charge in [-0.15, -0.1) is 0 Å². The summed E-state index contributed by atoms with van der Waals surface area (Å²) in [5.74, 6) is -1.43. The van der Waals surface area contributed by atoms with E-state index in [9.17, 15) is 19.8 Å². The van der Waals surface area contributed by atoms with Crippen molar-refractivity contribution in [3.05, 3.63) is 59.5 Å². The number of carbonyl (C=O) groups is 2. The summed E-state index contributed by atoms with van der Waals surface area (Å²) in [6.07, 6.45) is 1.69. The van der Waals surface area contributed by atoms with Gasteiger partial charge < -0.3 is 29.3 Å². The topological polar surface area (TPSA) is 106 Å². The van der Waals surface area contributed by atoms with Gasteiger partial charge in [-0.25, -0.2) is 9.59 Å². The molecule has 0 aromatic heterocycles. The van der Waals surface area contributed by atoms with E-state index >= 15 is 0 Å². The van der Waals surface area contributed by atoms with Crippen molar-refractivity contribution in [3.8, 4) is 0 Å². The van der Waals surface area contributed by atoms with Gasteiger partial charge in [-0.05, 0) is 18.1 Å². The Morgan fingerprint density at radius 3 is 2.66 bits per heavy atom. The fourth-order valence-corrected chi connectivity index (χ4v) is 3.60. The summed E-state index contributed by atoms with van der Waals surface area (Å²) in [7, 11) is 1.25. The molecule has 1 unspecified atom stereocenters. The molecule has 0 spiro atoms. The quantitative estimate of drug-likeness (QED) is 0.515. The molecule has 8 nitrogen and oxygen atoms in total. The number of aliphatic hydroxyl groups excluding tert-OH is 2. The molecule has 0 saturated carbocycles. The van der Waals surface area contributed by atoms with Crippen LogP contribution in [0, 0.1) is 5.92 Å². The summed E-state index contributed by atoms with van der Waals surface area (Å²) in [6.45, 7) is 1.57. The number of ether oxygens (including phenoxy) is 3. The van der Waals surface area contributed by atoms with Gasteiger partial charge in [-0.3, -0.25) is 0 Å². The molecule has 1 aromatic rings. The van der Waals surface area contributed by atoms with Crippen LogP contribution in [-0.2, 0) is 30.4 Å². The maximum atomic E-state index is 12.9. The summed E-state index contributed by atoms with van der Waals surface area (Å²) in [4.78, 5) is 26.3. The number of hydrogen-bond acceptors (Lipinski definition) is 8. The van der Waals surface area contributed by atoms with Gasteiger partial charge in [0.15, 0.2) is 12.3 Å². The van der Waals surface area contributed by atoms with Crippen LogP contribution in [0.1, 0.15) is 18.9 Å². The molecule has 2 fully saturated rings. The molecule has 0 amide bonds. The Bertz CT molecular complexity index is 805. The van der Waals surface area contributed by atoms with Crippen LogP contribution in [0.25, 0.3) is 0 Å². The third-order valence-corrected chi connectivity index (χ3v) is 5.06. The van der Waals surface area contributed by atoms with E-state index in [1.165, 1.54) is 19.3 Å². The SMILES string of the molecule is CCC(O)[C@H]1C(=CC(=O)OC)N2[C@@H](C(=O)OCc3ccccc3)C(=CCO)O[C@H]12. The smallest absolute Gasteiger partial charge is 0.337 e. The molecular weight excluding hydrogens is 378 g/mol. The van der Waals surface area contributed by atoms with Crippen molar-refractivity contribution in [2.75, 3.05) is 13.7 Å². The second-order valence-corrected chi connectivity index (χ2v) is 6.79. The minimum absolute atomic E-state index is 0.0815. The van der Waals surface area contributed by atoms with E-state index in [1.54, 1.807) is 4.90 Å². The zero-order valence-electron chi connectivity index (χ0n) is 16.4. The lowest BCUT2D eigenvalue weighted by atomic mass is 9.84. The Hall–Kier alpha value is -2.84. The maximum absolute atomic E-state index is 12.9. The molecule has 156 valence electrons. The van der Waals surface area contributed by atoms with E-state index in [-0.39, 0.29) is 19.0 Å². The highest BCUT2D eigenvalue weighted by Gasteiger charge is 2.59. The van der Waals surface area contributed by atoms with Crippen molar-refractivity contribution in [3.63, 3.8) is 0 Å². The fourth-order valence-electron chi connectivity index (χ4n) is 3.60. The number of aliphatic hydroxyl groups is 2. The highest BCUT2D eigenvalue weighted by Crippen LogP contribution is 2.49. The third-order valence-electron chi connectivity index (χ3n) is 5.06. The van der Waals surface area contributed by atoms with Gasteiger partial charge in [0.05, 0.1) is 25.7 Å². The minimum Gasteiger partial charge on any atom is -0.471 e. The first-order valence-corrected chi connectivity index (χ1v) is 9.45. The van der Waals surface area contributed by atoms with Crippen molar-refractivity contribution >= 4 is 11.9 Å². The van der Waals surface area contributed by atoms with Crippen LogP contribution in [0.5, 0.6) is 0 Å². The second kappa shape index (κ2) is 9.11. The predicted molar refractivity (Wildman–Crippen MR) is 102 cm³/mol. The highest BCUT2D eigenvalue weighted by atomic mass is 16.6. The average molecular weight is 403 g/mol. The lowest BCUT2D eigenvalue weighted by Crippen LogP contribution is -2.59. The van der Waals surface area contributed by atoms with Crippen molar-refractivity contribution in [1.29, 1.82) is 0 Å². The van der Waals surface area contributed by atoms with Crippen molar-refractivity contribution in [1.82, 2.24) is 4.90 Å². The summed E-state index contributed by atoms with van der Waals surface area (Å²) >= 11 is 0. The molecule has 2 aliphatic rings. The van der Waals surface area contributed by atoms with Crippen LogP contribution in [0.2, 0.25) is 0 Å². The normalized spacial score (nSPS) is 26.5. The molecule has 29 heavy (non-hydrogen) atoms. The molecule has 8 heteroatoms. The summed E-state index contributed by atoms with van der Waals surface area (Å²) < 4.78 is 16.0. The summed E-state index contributed by atoms with van der Waals surface area (Å²) in [6, 6.07) is 8.28. The number of hydrogen-bond donors (Lipinski definition) is 2. The number of nitrogens with zero attached hydrogens (tertiary/aromatic N) is 1. The van der Waals surface area contributed by atoms with Crippen molar-refractivity contribution in [2.24, 2.45) is 5.92 Å². The number of esters is 2. The number of fused-ring (bicyclic) bond motifs is 1. The Morgan fingerprint density at radius 1 is 1.31 bits per heavy atom. The zero-order chi connectivity index (χ0) is 21.0. The molecule has 2 saturated heterocycles. The highest BCUT2D eigenvalue weighted by molar-refractivity contribution is 5.85. The van der Waals surface area contributed by atoms with E-state index in [0.717, 1.165) is 5.56 Å². The molecule has 0 radical (unpaired) electrons. The van der Waals surface area contributed by atoms with Gasteiger partial charge in [-0.1, -0.05) is 37.3 Å². The largest absolute Gasteiger partial charge is 0.471 e. The van der Waals surface area contributed by atoms with Gasteiger partial charge in [0.2, 0.25) is 0 Å². The van der Waals surface area contributed by atoms with Gasteiger partial charge in [-0.2, -0.15) is 0 Å². The number of methoxy groups -OCH3 is 1. The van der Waals surface area contributed by atoms with Gasteiger partial charge in [0.1, 0.15) is 12.4 Å². The molecule has 2 aliphatic heterocycles. The van der Waals surface area contributed by atoms with Crippen LogP contribution in [-0.4, -0.2) is 59.1 Å². The Balaban J connectivity index is 1.86. The molecule has 0 bridgehead atoms. The first-order valence-electron chi connectivity index (χ1n) is 9.45. The van der Waals surface area contributed by atoms with Gasteiger partial charge in [0.25, 0.3) is 0 Å². The molecule has 1 aromatic carbocycles. The first-order chi connectivity index (χ1) is 14.0. The van der Waals surface area contributed by atoms with Crippen LogP contribution >= 0.6 is 0 Å². The summed E-state index contributed by atoms with van der Waals surface area (Å²) in [5.41, 5.74) is 1.27. The number of benzene rings is 1. The van der Waals surface area contributed by atoms with Gasteiger partial charge >= 0.3 is 11.9 Å². The Kier molecular flexibility index (Phi) is 6.56. The average Bonchev–Trinajstić information content (AvgIpc) is 3.05. The van der Waals surface area contributed by atoms with E-state index in [1.807, 2.05) is 37.3 Å². The molecule has 0 aliphatic carbocycles. The van der Waals surface area contributed by atoms with Crippen LogP contribution in [0.3, 0.4) is 0 Å². The third kappa shape index (κ3) is 4.13. The van der Waals surface area contributed by atoms with Crippen LogP contribution in [0.4, 0.5) is 0 Å². The Morgan fingerprint density at radius 2 is 2.03 bits per heavy atom. The Labute approximate surface area is 169 Å².